The Morgan fingerprint density at radius 3 is 1.92 bits per heavy atom. The number of hydrogen-bond acceptors (Lipinski definition) is 8. The van der Waals surface area contributed by atoms with Crippen LogP contribution in [0.25, 0.3) is 11.4 Å². The Kier molecular flexibility index (Phi) is 7.14. The van der Waals surface area contributed by atoms with Crippen molar-refractivity contribution in [2.75, 3.05) is 73.0 Å². The van der Waals surface area contributed by atoms with E-state index in [2.05, 4.69) is 20.4 Å². The Bertz CT molecular complexity index is 1180. The number of nitrogens with one attached hydrogen (secondary N) is 2. The normalized spacial score (nSPS) is 16.1. The molecular formula is C24H25F2N7O3. The molecule has 0 atom stereocenters. The van der Waals surface area contributed by atoms with Crippen LogP contribution in [0, 0.1) is 11.6 Å². The predicted octanol–water partition coefficient (Wildman–Crippen LogP) is 3.13. The maximum Gasteiger partial charge on any atom is 0.323 e. The number of benzene rings is 2. The van der Waals surface area contributed by atoms with Crippen LogP contribution >= 0.6 is 0 Å². The van der Waals surface area contributed by atoms with E-state index in [1.807, 2.05) is 0 Å². The largest absolute Gasteiger partial charge is 0.378 e. The van der Waals surface area contributed by atoms with E-state index in [-0.39, 0.29) is 5.69 Å². The SMILES string of the molecule is O=C(Nc1ccc(-c2nc(N3CCOCC3)nc(N3CCOCC3)n2)cc1)Nc1ccc(F)cc1F. The van der Waals surface area contributed by atoms with E-state index < -0.39 is 17.7 Å². The van der Waals surface area contributed by atoms with Crippen LogP contribution in [0.1, 0.15) is 0 Å². The quantitative estimate of drug-likeness (QED) is 0.554. The summed E-state index contributed by atoms with van der Waals surface area (Å²) in [5.74, 6) is 0.112. The first-order chi connectivity index (χ1) is 17.5. The van der Waals surface area contributed by atoms with Crippen molar-refractivity contribution in [2.45, 2.75) is 0 Å². The summed E-state index contributed by atoms with van der Waals surface area (Å²) >= 11 is 0. The Morgan fingerprint density at radius 2 is 1.36 bits per heavy atom. The van der Waals surface area contributed by atoms with Crippen molar-refractivity contribution in [1.82, 2.24) is 15.0 Å². The lowest BCUT2D eigenvalue weighted by molar-refractivity contribution is 0.121. The van der Waals surface area contributed by atoms with E-state index in [1.54, 1.807) is 24.3 Å². The summed E-state index contributed by atoms with van der Waals surface area (Å²) in [4.78, 5) is 30.5. The number of nitrogens with zero attached hydrogens (tertiary/aromatic N) is 5. The zero-order valence-corrected chi connectivity index (χ0v) is 19.4. The van der Waals surface area contributed by atoms with Gasteiger partial charge in [-0.2, -0.15) is 15.0 Å². The molecule has 0 unspecified atom stereocenters. The molecule has 10 nitrogen and oxygen atoms in total. The Hall–Kier alpha value is -3.90. The molecule has 36 heavy (non-hydrogen) atoms. The molecule has 2 N–H and O–H groups in total. The predicted molar refractivity (Wildman–Crippen MR) is 130 cm³/mol. The molecule has 2 aliphatic heterocycles. The first kappa shape index (κ1) is 23.8. The van der Waals surface area contributed by atoms with Crippen LogP contribution in [0.2, 0.25) is 0 Å². The highest BCUT2D eigenvalue weighted by Crippen LogP contribution is 2.24. The molecule has 2 saturated heterocycles. The van der Waals surface area contributed by atoms with Crippen molar-refractivity contribution in [3.63, 3.8) is 0 Å². The lowest BCUT2D eigenvalue weighted by Gasteiger charge is -2.30. The minimum atomic E-state index is -0.859. The molecule has 2 aliphatic rings. The van der Waals surface area contributed by atoms with Gasteiger partial charge in [0.25, 0.3) is 0 Å². The number of aromatic nitrogens is 3. The minimum absolute atomic E-state index is 0.123. The number of carbonyl (C=O) groups excluding carboxylic acids is 1. The molecule has 2 fully saturated rings. The lowest BCUT2D eigenvalue weighted by atomic mass is 10.2. The van der Waals surface area contributed by atoms with Gasteiger partial charge in [-0.3, -0.25) is 0 Å². The summed E-state index contributed by atoms with van der Waals surface area (Å²) in [6.45, 7) is 5.21. The van der Waals surface area contributed by atoms with Gasteiger partial charge in [0, 0.05) is 43.5 Å². The summed E-state index contributed by atoms with van der Waals surface area (Å²) in [6, 6.07) is 9.24. The van der Waals surface area contributed by atoms with Gasteiger partial charge in [0.1, 0.15) is 11.6 Å². The highest BCUT2D eigenvalue weighted by Gasteiger charge is 2.21. The minimum Gasteiger partial charge on any atom is -0.378 e. The zero-order chi connectivity index (χ0) is 24.9. The number of carbonyl (C=O) groups is 1. The number of halogens is 2. The molecule has 0 spiro atoms. The molecule has 2 aromatic carbocycles. The second kappa shape index (κ2) is 10.8. The van der Waals surface area contributed by atoms with Gasteiger partial charge < -0.3 is 29.9 Å². The Morgan fingerprint density at radius 1 is 0.778 bits per heavy atom. The van der Waals surface area contributed by atoms with E-state index >= 15 is 0 Å². The standard InChI is InChI=1S/C24H25F2N7O3/c25-17-3-6-20(19(26)15-17)28-24(34)27-18-4-1-16(2-5-18)21-29-22(32-7-11-35-12-8-32)31-23(30-21)33-9-13-36-14-10-33/h1-6,15H,7-14H2,(H2,27,28,34). The van der Waals surface area contributed by atoms with Crippen molar-refractivity contribution >= 4 is 29.3 Å². The van der Waals surface area contributed by atoms with Gasteiger partial charge in [-0.25, -0.2) is 13.6 Å². The van der Waals surface area contributed by atoms with Crippen LogP contribution in [0.5, 0.6) is 0 Å². The second-order valence-corrected chi connectivity index (χ2v) is 8.24. The molecule has 0 saturated carbocycles. The number of anilines is 4. The third-order valence-corrected chi connectivity index (χ3v) is 5.78. The molecule has 12 heteroatoms. The van der Waals surface area contributed by atoms with Gasteiger partial charge in [0.05, 0.1) is 32.1 Å². The topological polar surface area (TPSA) is 105 Å². The molecule has 3 aromatic rings. The summed E-state index contributed by atoms with van der Waals surface area (Å²) in [5.41, 5.74) is 1.11. The van der Waals surface area contributed by atoms with Crippen LogP contribution in [-0.2, 0) is 9.47 Å². The van der Waals surface area contributed by atoms with Crippen LogP contribution < -0.4 is 20.4 Å². The van der Waals surface area contributed by atoms with Gasteiger partial charge in [-0.15, -0.1) is 0 Å². The maximum atomic E-state index is 13.8. The summed E-state index contributed by atoms with van der Waals surface area (Å²) in [6.07, 6.45) is 0. The van der Waals surface area contributed by atoms with Gasteiger partial charge in [0.15, 0.2) is 5.82 Å². The van der Waals surface area contributed by atoms with Crippen molar-refractivity contribution in [3.05, 3.63) is 54.1 Å². The average Bonchev–Trinajstić information content (AvgIpc) is 2.91. The smallest absolute Gasteiger partial charge is 0.323 e. The van der Waals surface area contributed by atoms with Gasteiger partial charge in [-0.05, 0) is 36.4 Å². The van der Waals surface area contributed by atoms with Gasteiger partial charge in [0.2, 0.25) is 11.9 Å². The molecular weight excluding hydrogens is 472 g/mol. The van der Waals surface area contributed by atoms with Crippen molar-refractivity contribution < 1.29 is 23.0 Å². The van der Waals surface area contributed by atoms with E-state index in [1.165, 1.54) is 0 Å². The van der Waals surface area contributed by atoms with Crippen molar-refractivity contribution in [2.24, 2.45) is 0 Å². The first-order valence-electron chi connectivity index (χ1n) is 11.6. The van der Waals surface area contributed by atoms with E-state index in [0.29, 0.717) is 82.1 Å². The van der Waals surface area contributed by atoms with Gasteiger partial charge in [-0.1, -0.05) is 0 Å². The van der Waals surface area contributed by atoms with Crippen LogP contribution in [0.15, 0.2) is 42.5 Å². The van der Waals surface area contributed by atoms with Crippen molar-refractivity contribution in [1.29, 1.82) is 0 Å². The number of ether oxygens (including phenoxy) is 2. The van der Waals surface area contributed by atoms with Crippen LogP contribution in [0.4, 0.5) is 36.8 Å². The second-order valence-electron chi connectivity index (χ2n) is 8.24. The van der Waals surface area contributed by atoms with E-state index in [9.17, 15) is 13.6 Å². The fourth-order valence-electron chi connectivity index (χ4n) is 3.87. The molecule has 5 rings (SSSR count). The monoisotopic (exact) mass is 497 g/mol. The highest BCUT2D eigenvalue weighted by molar-refractivity contribution is 5.99. The van der Waals surface area contributed by atoms with E-state index in [0.717, 1.165) is 17.7 Å². The first-order valence-corrected chi connectivity index (χ1v) is 11.6. The summed E-state index contributed by atoms with van der Waals surface area (Å²) < 4.78 is 37.8. The number of amides is 2. The molecule has 188 valence electrons. The fraction of sp³-hybridized carbons (Fsp3) is 0.333. The highest BCUT2D eigenvalue weighted by atomic mass is 19.1. The molecule has 3 heterocycles. The van der Waals surface area contributed by atoms with E-state index in [4.69, 9.17) is 24.4 Å². The molecule has 1 aromatic heterocycles. The lowest BCUT2D eigenvalue weighted by Crippen LogP contribution is -2.40. The van der Waals surface area contributed by atoms with Gasteiger partial charge >= 0.3 is 6.03 Å². The fourth-order valence-corrected chi connectivity index (χ4v) is 3.87. The zero-order valence-electron chi connectivity index (χ0n) is 19.4. The number of morpholine rings is 2. The Labute approximate surface area is 206 Å². The number of hydrogen-bond donors (Lipinski definition) is 2. The van der Waals surface area contributed by atoms with Crippen molar-refractivity contribution in [3.8, 4) is 11.4 Å². The summed E-state index contributed by atoms with van der Waals surface area (Å²) in [5, 5.41) is 4.99. The molecule has 2 amide bonds. The third kappa shape index (κ3) is 5.66. The third-order valence-electron chi connectivity index (χ3n) is 5.78. The van der Waals surface area contributed by atoms with Crippen LogP contribution in [-0.4, -0.2) is 73.6 Å². The molecule has 0 radical (unpaired) electrons. The number of urea groups is 1. The summed E-state index contributed by atoms with van der Waals surface area (Å²) in [7, 11) is 0. The Balaban J connectivity index is 1.34. The maximum absolute atomic E-state index is 13.8. The molecule has 0 aliphatic carbocycles. The van der Waals surface area contributed by atoms with Crippen LogP contribution in [0.3, 0.4) is 0 Å². The number of rotatable bonds is 5. The molecule has 0 bridgehead atoms. The average molecular weight is 498 g/mol.